The zero-order chi connectivity index (χ0) is 15.8. The molecule has 1 fully saturated rings. The van der Waals surface area contributed by atoms with Crippen LogP contribution in [-0.4, -0.2) is 38.3 Å². The Balaban J connectivity index is 1.77. The number of hydrogen-bond donors (Lipinski definition) is 2. The lowest BCUT2D eigenvalue weighted by atomic mass is 10.2. The second-order valence-corrected chi connectivity index (χ2v) is 6.02. The molecule has 1 amide bonds. The van der Waals surface area contributed by atoms with Crippen LogP contribution in [0.4, 0.5) is 5.69 Å². The molecule has 0 saturated carbocycles. The Hall–Kier alpha value is -1.59. The number of anilines is 1. The van der Waals surface area contributed by atoms with E-state index < -0.39 is 0 Å². The maximum absolute atomic E-state index is 12.0. The van der Waals surface area contributed by atoms with Crippen LogP contribution in [0.2, 0.25) is 0 Å². The van der Waals surface area contributed by atoms with Gasteiger partial charge in [-0.25, -0.2) is 0 Å². The monoisotopic (exact) mass is 306 g/mol. The van der Waals surface area contributed by atoms with Gasteiger partial charge in [0.05, 0.1) is 24.9 Å². The fraction of sp³-hybridized carbons (Fsp3) is 0.588. The second-order valence-electron chi connectivity index (χ2n) is 6.02. The van der Waals surface area contributed by atoms with E-state index in [1.165, 1.54) is 0 Å². The zero-order valence-electron chi connectivity index (χ0n) is 13.4. The van der Waals surface area contributed by atoms with Crippen LogP contribution in [0.3, 0.4) is 0 Å². The third-order valence-electron chi connectivity index (χ3n) is 3.41. The van der Waals surface area contributed by atoms with Gasteiger partial charge in [-0.2, -0.15) is 0 Å². The van der Waals surface area contributed by atoms with E-state index in [0.717, 1.165) is 26.0 Å². The molecule has 0 aliphatic carbocycles. The van der Waals surface area contributed by atoms with Crippen molar-refractivity contribution in [3.8, 4) is 5.75 Å². The highest BCUT2D eigenvalue weighted by atomic mass is 16.5. The minimum atomic E-state index is -0.0707. The summed E-state index contributed by atoms with van der Waals surface area (Å²) in [6.45, 7) is 6.65. The number of benzene rings is 1. The molecule has 5 nitrogen and oxygen atoms in total. The van der Waals surface area contributed by atoms with Crippen molar-refractivity contribution in [3.05, 3.63) is 24.3 Å². The van der Waals surface area contributed by atoms with Crippen LogP contribution in [0.15, 0.2) is 24.3 Å². The topological polar surface area (TPSA) is 59.6 Å². The molecule has 0 aromatic heterocycles. The fourth-order valence-electron chi connectivity index (χ4n) is 2.30. The van der Waals surface area contributed by atoms with Crippen molar-refractivity contribution in [2.45, 2.75) is 32.8 Å². The van der Waals surface area contributed by atoms with Crippen molar-refractivity contribution in [1.82, 2.24) is 5.32 Å². The van der Waals surface area contributed by atoms with E-state index in [2.05, 4.69) is 24.5 Å². The van der Waals surface area contributed by atoms with Gasteiger partial charge in [0.25, 0.3) is 0 Å². The Morgan fingerprint density at radius 3 is 2.95 bits per heavy atom. The first kappa shape index (κ1) is 16.8. The van der Waals surface area contributed by atoms with Crippen LogP contribution in [0.5, 0.6) is 5.75 Å². The van der Waals surface area contributed by atoms with E-state index in [-0.39, 0.29) is 18.6 Å². The third kappa shape index (κ3) is 5.66. The third-order valence-corrected chi connectivity index (χ3v) is 3.41. The lowest BCUT2D eigenvalue weighted by molar-refractivity contribution is -0.115. The summed E-state index contributed by atoms with van der Waals surface area (Å²) >= 11 is 0. The Morgan fingerprint density at radius 2 is 2.23 bits per heavy atom. The van der Waals surface area contributed by atoms with E-state index in [4.69, 9.17) is 9.47 Å². The maximum atomic E-state index is 12.0. The normalized spacial score (nSPS) is 17.7. The summed E-state index contributed by atoms with van der Waals surface area (Å²) in [7, 11) is 0. The van der Waals surface area contributed by atoms with Gasteiger partial charge in [-0.15, -0.1) is 0 Å². The van der Waals surface area contributed by atoms with Crippen LogP contribution >= 0.6 is 0 Å². The molecule has 122 valence electrons. The number of rotatable bonds is 8. The fourth-order valence-corrected chi connectivity index (χ4v) is 2.30. The molecule has 2 rings (SSSR count). The summed E-state index contributed by atoms with van der Waals surface area (Å²) in [5, 5.41) is 6.03. The molecule has 1 aromatic carbocycles. The molecule has 22 heavy (non-hydrogen) atoms. The summed E-state index contributed by atoms with van der Waals surface area (Å²) in [4.78, 5) is 12.0. The number of amides is 1. The molecule has 2 N–H and O–H groups in total. The number of hydrogen-bond acceptors (Lipinski definition) is 4. The van der Waals surface area contributed by atoms with Crippen molar-refractivity contribution in [2.24, 2.45) is 5.92 Å². The highest BCUT2D eigenvalue weighted by Crippen LogP contribution is 2.24. The highest BCUT2D eigenvalue weighted by Gasteiger charge is 2.15. The Bertz CT molecular complexity index is 471. The number of nitrogens with one attached hydrogen (secondary N) is 2. The van der Waals surface area contributed by atoms with Gasteiger partial charge >= 0.3 is 0 Å². The molecular formula is C17H26N2O3. The summed E-state index contributed by atoms with van der Waals surface area (Å²) < 4.78 is 11.2. The van der Waals surface area contributed by atoms with Crippen LogP contribution in [-0.2, 0) is 9.53 Å². The minimum Gasteiger partial charge on any atom is -0.491 e. The molecule has 1 aliphatic rings. The lowest BCUT2D eigenvalue weighted by Gasteiger charge is -2.14. The number of ether oxygens (including phenoxy) is 2. The zero-order valence-corrected chi connectivity index (χ0v) is 13.4. The summed E-state index contributed by atoms with van der Waals surface area (Å²) in [6, 6.07) is 7.52. The van der Waals surface area contributed by atoms with E-state index in [9.17, 15) is 4.79 Å². The highest BCUT2D eigenvalue weighted by molar-refractivity contribution is 5.93. The lowest BCUT2D eigenvalue weighted by Crippen LogP contribution is -2.33. The molecule has 1 aromatic rings. The SMILES string of the molecule is CC(C)COc1ccccc1NC(=O)CNCC1CCCO1. The van der Waals surface area contributed by atoms with Gasteiger partial charge < -0.3 is 20.1 Å². The van der Waals surface area contributed by atoms with Gasteiger partial charge in [0, 0.05) is 13.2 Å². The van der Waals surface area contributed by atoms with Gasteiger partial charge in [-0.05, 0) is 30.9 Å². The summed E-state index contributed by atoms with van der Waals surface area (Å²) in [5.74, 6) is 1.08. The van der Waals surface area contributed by atoms with Crippen molar-refractivity contribution < 1.29 is 14.3 Å². The van der Waals surface area contributed by atoms with Gasteiger partial charge in [0.2, 0.25) is 5.91 Å². The maximum Gasteiger partial charge on any atom is 0.238 e. The minimum absolute atomic E-state index is 0.0707. The van der Waals surface area contributed by atoms with E-state index in [1.807, 2.05) is 24.3 Å². The van der Waals surface area contributed by atoms with Crippen LogP contribution in [0.25, 0.3) is 0 Å². The van der Waals surface area contributed by atoms with Crippen molar-refractivity contribution in [3.63, 3.8) is 0 Å². The van der Waals surface area contributed by atoms with E-state index in [1.54, 1.807) is 0 Å². The molecule has 1 saturated heterocycles. The first-order valence-electron chi connectivity index (χ1n) is 7.99. The van der Waals surface area contributed by atoms with Crippen LogP contribution in [0, 0.1) is 5.92 Å². The summed E-state index contributed by atoms with van der Waals surface area (Å²) in [6.07, 6.45) is 2.43. The molecule has 1 atom stereocenters. The molecule has 1 aliphatic heterocycles. The Kier molecular flexibility index (Phi) is 6.68. The van der Waals surface area contributed by atoms with Gasteiger partial charge in [0.1, 0.15) is 5.75 Å². The first-order valence-corrected chi connectivity index (χ1v) is 7.99. The number of carbonyl (C=O) groups excluding carboxylic acids is 1. The Labute approximate surface area is 132 Å². The predicted octanol–water partition coefficient (Wildman–Crippen LogP) is 2.43. The Morgan fingerprint density at radius 1 is 1.41 bits per heavy atom. The average Bonchev–Trinajstić information content (AvgIpc) is 2.99. The van der Waals surface area contributed by atoms with Gasteiger partial charge in [-0.1, -0.05) is 26.0 Å². The molecular weight excluding hydrogens is 280 g/mol. The van der Waals surface area contributed by atoms with Gasteiger partial charge in [0.15, 0.2) is 0 Å². The van der Waals surface area contributed by atoms with E-state index >= 15 is 0 Å². The molecule has 1 heterocycles. The van der Waals surface area contributed by atoms with Crippen LogP contribution < -0.4 is 15.4 Å². The van der Waals surface area contributed by atoms with Crippen molar-refractivity contribution in [2.75, 3.05) is 31.6 Å². The standard InChI is InChI=1S/C17H26N2O3/c1-13(2)12-22-16-8-4-3-7-15(16)19-17(20)11-18-10-14-6-5-9-21-14/h3-4,7-8,13-14,18H,5-6,9-12H2,1-2H3,(H,19,20). The molecule has 0 radical (unpaired) electrons. The van der Waals surface area contributed by atoms with Crippen molar-refractivity contribution >= 4 is 11.6 Å². The summed E-state index contributed by atoms with van der Waals surface area (Å²) in [5.41, 5.74) is 0.715. The van der Waals surface area contributed by atoms with Crippen molar-refractivity contribution in [1.29, 1.82) is 0 Å². The average molecular weight is 306 g/mol. The second kappa shape index (κ2) is 8.76. The van der Waals surface area contributed by atoms with Gasteiger partial charge in [-0.3, -0.25) is 4.79 Å². The number of carbonyl (C=O) groups is 1. The first-order chi connectivity index (χ1) is 10.6. The van der Waals surface area contributed by atoms with Crippen LogP contribution in [0.1, 0.15) is 26.7 Å². The largest absolute Gasteiger partial charge is 0.491 e. The quantitative estimate of drug-likeness (QED) is 0.774. The smallest absolute Gasteiger partial charge is 0.238 e. The van der Waals surface area contributed by atoms with E-state index in [0.29, 0.717) is 24.0 Å². The molecule has 0 bridgehead atoms. The number of para-hydroxylation sites is 2. The molecule has 5 heteroatoms. The predicted molar refractivity (Wildman–Crippen MR) is 87.2 cm³/mol. The molecule has 1 unspecified atom stereocenters. The molecule has 0 spiro atoms.